The van der Waals surface area contributed by atoms with Crippen LogP contribution in [0.5, 0.6) is 0 Å². The molecule has 0 saturated heterocycles. The van der Waals surface area contributed by atoms with Gasteiger partial charge in [-0.05, 0) is 97.1 Å². The standard InChI is InChI=1S/C32H55N3O4/c1-13-24-16-18-25(19-17-24)27(28(36)34-31(7,8)9)35(23(6)15-14-21(2)3)29(37)26(20-22(4)5)33-30(38)39-32(10,11)12/h16-19,21-23,26-27H,13-15,20H2,1-12H3,(H,33,38)(H,34,36). The summed E-state index contributed by atoms with van der Waals surface area (Å²) in [5.74, 6) is 0.0605. The number of nitrogens with zero attached hydrogens (tertiary/aromatic N) is 1. The minimum absolute atomic E-state index is 0.132. The molecule has 2 N–H and O–H groups in total. The van der Waals surface area contributed by atoms with E-state index in [-0.39, 0.29) is 23.8 Å². The van der Waals surface area contributed by atoms with E-state index in [9.17, 15) is 14.4 Å². The van der Waals surface area contributed by atoms with E-state index in [1.54, 1.807) is 25.7 Å². The third-order valence-corrected chi connectivity index (χ3v) is 6.32. The summed E-state index contributed by atoms with van der Waals surface area (Å²) in [5.41, 5.74) is 0.722. The van der Waals surface area contributed by atoms with E-state index in [0.717, 1.165) is 30.4 Å². The molecule has 1 rings (SSSR count). The third-order valence-electron chi connectivity index (χ3n) is 6.32. The maximum atomic E-state index is 14.4. The highest BCUT2D eigenvalue weighted by atomic mass is 16.6. The van der Waals surface area contributed by atoms with Crippen molar-refractivity contribution < 1.29 is 19.1 Å². The molecule has 0 aliphatic carbocycles. The van der Waals surface area contributed by atoms with Crippen LogP contribution in [0, 0.1) is 11.8 Å². The van der Waals surface area contributed by atoms with Crippen LogP contribution >= 0.6 is 0 Å². The summed E-state index contributed by atoms with van der Waals surface area (Å²) < 4.78 is 5.50. The minimum atomic E-state index is -0.847. The zero-order chi connectivity index (χ0) is 30.1. The largest absolute Gasteiger partial charge is 0.444 e. The smallest absolute Gasteiger partial charge is 0.408 e. The van der Waals surface area contributed by atoms with Gasteiger partial charge < -0.3 is 20.3 Å². The number of carbonyl (C=O) groups excluding carboxylic acids is 3. The molecular weight excluding hydrogens is 490 g/mol. The molecule has 7 heteroatoms. The van der Waals surface area contributed by atoms with Gasteiger partial charge in [0.15, 0.2) is 0 Å². The summed E-state index contributed by atoms with van der Waals surface area (Å²) in [5, 5.41) is 5.94. The van der Waals surface area contributed by atoms with Crippen molar-refractivity contribution in [2.75, 3.05) is 0 Å². The summed E-state index contributed by atoms with van der Waals surface area (Å²) >= 11 is 0. The lowest BCUT2D eigenvalue weighted by molar-refractivity contribution is -0.146. The Kier molecular flexibility index (Phi) is 13.0. The van der Waals surface area contributed by atoms with Gasteiger partial charge in [0.25, 0.3) is 0 Å². The van der Waals surface area contributed by atoms with E-state index in [1.165, 1.54) is 0 Å². The number of hydrogen-bond donors (Lipinski definition) is 2. The van der Waals surface area contributed by atoms with Gasteiger partial charge >= 0.3 is 6.09 Å². The number of carbonyl (C=O) groups is 3. The first-order chi connectivity index (χ1) is 17.8. The first kappa shape index (κ1) is 34.5. The highest BCUT2D eigenvalue weighted by Crippen LogP contribution is 2.29. The first-order valence-corrected chi connectivity index (χ1v) is 14.6. The summed E-state index contributed by atoms with van der Waals surface area (Å²) in [6.07, 6.45) is 2.30. The summed E-state index contributed by atoms with van der Waals surface area (Å²) in [7, 11) is 0. The summed E-state index contributed by atoms with van der Waals surface area (Å²) in [6, 6.07) is 6.00. The Hall–Kier alpha value is -2.57. The Morgan fingerprint density at radius 3 is 1.87 bits per heavy atom. The van der Waals surface area contributed by atoms with Crippen molar-refractivity contribution in [2.24, 2.45) is 11.8 Å². The monoisotopic (exact) mass is 545 g/mol. The van der Waals surface area contributed by atoms with Crippen molar-refractivity contribution in [3.05, 3.63) is 35.4 Å². The van der Waals surface area contributed by atoms with Gasteiger partial charge in [0, 0.05) is 11.6 Å². The molecule has 222 valence electrons. The zero-order valence-corrected chi connectivity index (χ0v) is 26.6. The van der Waals surface area contributed by atoms with Gasteiger partial charge in [-0.2, -0.15) is 0 Å². The van der Waals surface area contributed by atoms with Crippen LogP contribution < -0.4 is 10.6 Å². The maximum absolute atomic E-state index is 14.4. The molecule has 3 unspecified atom stereocenters. The summed E-state index contributed by atoms with van der Waals surface area (Å²) in [6.45, 7) is 23.6. The molecule has 0 aromatic heterocycles. The van der Waals surface area contributed by atoms with Gasteiger partial charge in [0.2, 0.25) is 11.8 Å². The molecule has 39 heavy (non-hydrogen) atoms. The quantitative estimate of drug-likeness (QED) is 0.302. The highest BCUT2D eigenvalue weighted by molar-refractivity contribution is 5.92. The van der Waals surface area contributed by atoms with Crippen molar-refractivity contribution in [2.45, 2.75) is 138 Å². The molecule has 0 fully saturated rings. The second kappa shape index (κ2) is 14.7. The number of amides is 3. The van der Waals surface area contributed by atoms with Crippen molar-refractivity contribution >= 4 is 17.9 Å². The fourth-order valence-corrected chi connectivity index (χ4v) is 4.45. The van der Waals surface area contributed by atoms with E-state index in [4.69, 9.17) is 4.74 Å². The fourth-order valence-electron chi connectivity index (χ4n) is 4.45. The molecule has 7 nitrogen and oxygen atoms in total. The Labute approximate surface area is 237 Å². The molecule has 0 radical (unpaired) electrons. The van der Waals surface area contributed by atoms with Crippen LogP contribution in [-0.4, -0.2) is 46.0 Å². The topological polar surface area (TPSA) is 87.7 Å². The van der Waals surface area contributed by atoms with Crippen LogP contribution in [0.2, 0.25) is 0 Å². The molecule has 1 aromatic rings. The fraction of sp³-hybridized carbons (Fsp3) is 0.719. The predicted molar refractivity (Wildman–Crippen MR) is 159 cm³/mol. The van der Waals surface area contributed by atoms with Gasteiger partial charge in [-0.3, -0.25) is 9.59 Å². The predicted octanol–water partition coefficient (Wildman–Crippen LogP) is 6.80. The van der Waals surface area contributed by atoms with Crippen LogP contribution in [0.4, 0.5) is 4.79 Å². The number of alkyl carbamates (subject to hydrolysis) is 1. The van der Waals surface area contributed by atoms with Crippen LogP contribution in [-0.2, 0) is 20.7 Å². The lowest BCUT2D eigenvalue weighted by Crippen LogP contribution is -2.57. The average Bonchev–Trinajstić information content (AvgIpc) is 2.77. The molecule has 0 aliphatic heterocycles. The number of hydrogen-bond acceptors (Lipinski definition) is 4. The molecule has 0 saturated carbocycles. The Morgan fingerprint density at radius 2 is 1.44 bits per heavy atom. The Bertz CT molecular complexity index is 926. The second-order valence-corrected chi connectivity index (χ2v) is 13.6. The lowest BCUT2D eigenvalue weighted by Gasteiger charge is -2.40. The second-order valence-electron chi connectivity index (χ2n) is 13.6. The number of rotatable bonds is 12. The Balaban J connectivity index is 3.67. The van der Waals surface area contributed by atoms with Crippen molar-refractivity contribution in [3.63, 3.8) is 0 Å². The highest BCUT2D eigenvalue weighted by Gasteiger charge is 2.39. The molecule has 0 aliphatic rings. The lowest BCUT2D eigenvalue weighted by atomic mass is 9.94. The van der Waals surface area contributed by atoms with E-state index in [0.29, 0.717) is 12.3 Å². The van der Waals surface area contributed by atoms with Crippen LogP contribution in [0.3, 0.4) is 0 Å². The van der Waals surface area contributed by atoms with Crippen LogP contribution in [0.1, 0.15) is 120 Å². The number of benzene rings is 1. The van der Waals surface area contributed by atoms with Gasteiger partial charge in [-0.1, -0.05) is 58.9 Å². The molecule has 0 spiro atoms. The van der Waals surface area contributed by atoms with E-state index < -0.39 is 29.3 Å². The van der Waals surface area contributed by atoms with Gasteiger partial charge in [-0.15, -0.1) is 0 Å². The number of aryl methyl sites for hydroxylation is 1. The molecule has 0 heterocycles. The van der Waals surface area contributed by atoms with Crippen molar-refractivity contribution in [3.8, 4) is 0 Å². The molecular formula is C32H55N3O4. The molecule has 3 atom stereocenters. The zero-order valence-electron chi connectivity index (χ0n) is 26.6. The van der Waals surface area contributed by atoms with Gasteiger partial charge in [0.1, 0.15) is 17.7 Å². The minimum Gasteiger partial charge on any atom is -0.444 e. The number of nitrogens with one attached hydrogen (secondary N) is 2. The molecule has 0 bridgehead atoms. The van der Waals surface area contributed by atoms with Gasteiger partial charge in [0.05, 0.1) is 0 Å². The Morgan fingerprint density at radius 1 is 0.872 bits per heavy atom. The first-order valence-electron chi connectivity index (χ1n) is 14.6. The van der Waals surface area contributed by atoms with E-state index in [2.05, 4.69) is 31.4 Å². The van der Waals surface area contributed by atoms with Crippen LogP contribution in [0.15, 0.2) is 24.3 Å². The number of ether oxygens (including phenoxy) is 1. The van der Waals surface area contributed by atoms with Crippen molar-refractivity contribution in [1.82, 2.24) is 15.5 Å². The third kappa shape index (κ3) is 12.4. The van der Waals surface area contributed by atoms with Gasteiger partial charge in [-0.25, -0.2) is 4.79 Å². The normalized spacial score (nSPS) is 14.5. The SMILES string of the molecule is CCc1ccc(C(C(=O)NC(C)(C)C)N(C(=O)C(CC(C)C)NC(=O)OC(C)(C)C)C(C)CCC(C)C)cc1. The molecule has 3 amide bonds. The average molecular weight is 546 g/mol. The maximum Gasteiger partial charge on any atom is 0.408 e. The summed E-state index contributed by atoms with van der Waals surface area (Å²) in [4.78, 5) is 42.9. The van der Waals surface area contributed by atoms with E-state index >= 15 is 0 Å². The van der Waals surface area contributed by atoms with Crippen LogP contribution in [0.25, 0.3) is 0 Å². The molecule has 1 aromatic carbocycles. The van der Waals surface area contributed by atoms with E-state index in [1.807, 2.05) is 65.8 Å². The van der Waals surface area contributed by atoms with Crippen molar-refractivity contribution in [1.29, 1.82) is 0 Å².